The average Bonchev–Trinajstić information content (AvgIpc) is 2.47. The first kappa shape index (κ1) is 14.0. The Bertz CT molecular complexity index is 744. The standard InChI is InChI=1S/C14H16N4O2S/c15-14-16-8-13(9-17-14)21(19,20)18-12-6-5-10-3-1-2-4-11(10)7-12/h1-4,8-9,12,18H,5-7H2,(H2,15,16,17). The summed E-state index contributed by atoms with van der Waals surface area (Å²) >= 11 is 0. The fourth-order valence-corrected chi connectivity index (χ4v) is 3.71. The highest BCUT2D eigenvalue weighted by Gasteiger charge is 2.24. The number of nitrogens with zero attached hydrogens (tertiary/aromatic N) is 2. The van der Waals surface area contributed by atoms with E-state index in [0.29, 0.717) is 6.42 Å². The molecule has 3 N–H and O–H groups in total. The van der Waals surface area contributed by atoms with Crippen LogP contribution in [0.25, 0.3) is 0 Å². The van der Waals surface area contributed by atoms with Crippen LogP contribution in [-0.4, -0.2) is 24.4 Å². The topological polar surface area (TPSA) is 98.0 Å². The van der Waals surface area contributed by atoms with Gasteiger partial charge in [-0.1, -0.05) is 24.3 Å². The van der Waals surface area contributed by atoms with Crippen molar-refractivity contribution in [3.8, 4) is 0 Å². The van der Waals surface area contributed by atoms with Crippen molar-refractivity contribution >= 4 is 16.0 Å². The minimum absolute atomic E-state index is 0.0376. The van der Waals surface area contributed by atoms with Crippen LogP contribution < -0.4 is 10.5 Å². The Hall–Kier alpha value is -1.99. The van der Waals surface area contributed by atoms with Gasteiger partial charge in [0, 0.05) is 6.04 Å². The van der Waals surface area contributed by atoms with Crippen LogP contribution in [0.1, 0.15) is 17.5 Å². The summed E-state index contributed by atoms with van der Waals surface area (Å²) in [5.41, 5.74) is 7.86. The number of hydrogen-bond donors (Lipinski definition) is 2. The second kappa shape index (κ2) is 5.42. The highest BCUT2D eigenvalue weighted by molar-refractivity contribution is 7.89. The molecule has 1 unspecified atom stereocenters. The lowest BCUT2D eigenvalue weighted by atomic mass is 9.89. The van der Waals surface area contributed by atoms with Crippen molar-refractivity contribution in [2.75, 3.05) is 5.73 Å². The van der Waals surface area contributed by atoms with Crippen molar-refractivity contribution < 1.29 is 8.42 Å². The van der Waals surface area contributed by atoms with Crippen LogP contribution in [0.5, 0.6) is 0 Å². The largest absolute Gasteiger partial charge is 0.368 e. The van der Waals surface area contributed by atoms with Gasteiger partial charge >= 0.3 is 0 Å². The van der Waals surface area contributed by atoms with E-state index >= 15 is 0 Å². The zero-order valence-corrected chi connectivity index (χ0v) is 12.2. The van der Waals surface area contributed by atoms with Crippen LogP contribution in [0.3, 0.4) is 0 Å². The molecular weight excluding hydrogens is 288 g/mol. The number of benzene rings is 1. The zero-order valence-electron chi connectivity index (χ0n) is 11.4. The summed E-state index contributed by atoms with van der Waals surface area (Å²) in [5.74, 6) is 0.0561. The maximum absolute atomic E-state index is 12.3. The van der Waals surface area contributed by atoms with E-state index < -0.39 is 10.0 Å². The van der Waals surface area contributed by atoms with Gasteiger partial charge in [-0.2, -0.15) is 0 Å². The van der Waals surface area contributed by atoms with Crippen molar-refractivity contribution in [1.29, 1.82) is 0 Å². The van der Waals surface area contributed by atoms with Crippen LogP contribution in [0, 0.1) is 0 Å². The second-order valence-electron chi connectivity index (χ2n) is 5.11. The third-order valence-corrected chi connectivity index (χ3v) is 5.10. The minimum atomic E-state index is -3.61. The predicted octanol–water partition coefficient (Wildman–Crippen LogP) is 0.895. The van der Waals surface area contributed by atoms with Crippen molar-refractivity contribution in [3.05, 3.63) is 47.8 Å². The summed E-state index contributed by atoms with van der Waals surface area (Å²) < 4.78 is 27.3. The maximum Gasteiger partial charge on any atom is 0.243 e. The van der Waals surface area contributed by atoms with Crippen LogP contribution in [0.4, 0.5) is 5.95 Å². The predicted molar refractivity (Wildman–Crippen MR) is 79.0 cm³/mol. The summed E-state index contributed by atoms with van der Waals surface area (Å²) in [6.07, 6.45) is 4.81. The van der Waals surface area contributed by atoms with E-state index in [2.05, 4.69) is 20.8 Å². The molecule has 110 valence electrons. The van der Waals surface area contributed by atoms with E-state index in [1.165, 1.54) is 23.5 Å². The number of sulfonamides is 1. The van der Waals surface area contributed by atoms with Gasteiger partial charge in [-0.15, -0.1) is 0 Å². The molecule has 1 aromatic carbocycles. The van der Waals surface area contributed by atoms with Gasteiger partial charge in [-0.3, -0.25) is 0 Å². The Morgan fingerprint density at radius 3 is 2.52 bits per heavy atom. The number of hydrogen-bond acceptors (Lipinski definition) is 5. The number of nitrogens with one attached hydrogen (secondary N) is 1. The first-order chi connectivity index (χ1) is 10.0. The Morgan fingerprint density at radius 1 is 1.14 bits per heavy atom. The lowest BCUT2D eigenvalue weighted by molar-refractivity contribution is 0.507. The Kier molecular flexibility index (Phi) is 3.60. The molecular formula is C14H16N4O2S. The summed E-state index contributed by atoms with van der Waals surface area (Å²) in [6.45, 7) is 0. The van der Waals surface area contributed by atoms with E-state index in [1.54, 1.807) is 0 Å². The molecule has 0 bridgehead atoms. The quantitative estimate of drug-likeness (QED) is 0.877. The maximum atomic E-state index is 12.3. The Balaban J connectivity index is 1.77. The molecule has 3 rings (SSSR count). The number of aryl methyl sites for hydroxylation is 1. The molecule has 2 aromatic rings. The summed E-state index contributed by atoms with van der Waals surface area (Å²) in [4.78, 5) is 7.48. The van der Waals surface area contributed by atoms with Gasteiger partial charge in [0.25, 0.3) is 0 Å². The van der Waals surface area contributed by atoms with Crippen molar-refractivity contribution in [2.24, 2.45) is 0 Å². The van der Waals surface area contributed by atoms with Crippen LogP contribution in [0.15, 0.2) is 41.6 Å². The molecule has 0 fully saturated rings. The van der Waals surface area contributed by atoms with Crippen LogP contribution in [-0.2, 0) is 22.9 Å². The number of anilines is 1. The lowest BCUT2D eigenvalue weighted by Gasteiger charge is -2.25. The van der Waals surface area contributed by atoms with E-state index in [1.807, 2.05) is 18.2 Å². The molecule has 0 amide bonds. The molecule has 1 atom stereocenters. The van der Waals surface area contributed by atoms with Gasteiger partial charge < -0.3 is 5.73 Å². The van der Waals surface area contributed by atoms with Crippen molar-refractivity contribution in [3.63, 3.8) is 0 Å². The molecule has 0 saturated heterocycles. The smallest absolute Gasteiger partial charge is 0.243 e. The first-order valence-electron chi connectivity index (χ1n) is 6.71. The highest BCUT2D eigenvalue weighted by atomic mass is 32.2. The van der Waals surface area contributed by atoms with E-state index in [9.17, 15) is 8.42 Å². The summed E-state index contributed by atoms with van der Waals surface area (Å²) in [7, 11) is -3.61. The second-order valence-corrected chi connectivity index (χ2v) is 6.82. The monoisotopic (exact) mass is 304 g/mol. The molecule has 1 aliphatic carbocycles. The highest BCUT2D eigenvalue weighted by Crippen LogP contribution is 2.22. The van der Waals surface area contributed by atoms with Crippen molar-refractivity contribution in [1.82, 2.24) is 14.7 Å². The van der Waals surface area contributed by atoms with Gasteiger partial charge in [-0.25, -0.2) is 23.1 Å². The molecule has 1 aliphatic rings. The minimum Gasteiger partial charge on any atom is -0.368 e. The number of fused-ring (bicyclic) bond motifs is 1. The van der Waals surface area contributed by atoms with Crippen LogP contribution in [0.2, 0.25) is 0 Å². The molecule has 0 spiro atoms. The van der Waals surface area contributed by atoms with E-state index in [0.717, 1.165) is 12.8 Å². The van der Waals surface area contributed by atoms with E-state index in [-0.39, 0.29) is 16.9 Å². The SMILES string of the molecule is Nc1ncc(S(=O)(=O)NC2CCc3ccccc3C2)cn1. The summed E-state index contributed by atoms with van der Waals surface area (Å²) in [6, 6.07) is 8.01. The Labute approximate surface area is 123 Å². The van der Waals surface area contributed by atoms with Gasteiger partial charge in [-0.05, 0) is 30.4 Å². The first-order valence-corrected chi connectivity index (χ1v) is 8.19. The molecule has 1 aromatic heterocycles. The number of nitrogen functional groups attached to an aromatic ring is 1. The third kappa shape index (κ3) is 3.03. The zero-order chi connectivity index (χ0) is 14.9. The lowest BCUT2D eigenvalue weighted by Crippen LogP contribution is -2.38. The molecule has 21 heavy (non-hydrogen) atoms. The van der Waals surface area contributed by atoms with Crippen molar-refractivity contribution in [2.45, 2.75) is 30.2 Å². The fourth-order valence-electron chi connectivity index (χ4n) is 2.55. The normalized spacial score (nSPS) is 18.2. The molecule has 0 saturated carbocycles. The molecule has 6 nitrogen and oxygen atoms in total. The van der Waals surface area contributed by atoms with Crippen LogP contribution >= 0.6 is 0 Å². The van der Waals surface area contributed by atoms with E-state index in [4.69, 9.17) is 5.73 Å². The Morgan fingerprint density at radius 2 is 1.81 bits per heavy atom. The summed E-state index contributed by atoms with van der Waals surface area (Å²) in [5, 5.41) is 0. The molecule has 1 heterocycles. The number of rotatable bonds is 3. The van der Waals surface area contributed by atoms with Gasteiger partial charge in [0.1, 0.15) is 4.90 Å². The third-order valence-electron chi connectivity index (χ3n) is 3.63. The molecule has 0 aliphatic heterocycles. The fraction of sp³-hybridized carbons (Fsp3) is 0.286. The van der Waals surface area contributed by atoms with Gasteiger partial charge in [0.15, 0.2) is 0 Å². The number of aromatic nitrogens is 2. The van der Waals surface area contributed by atoms with Gasteiger partial charge in [0.05, 0.1) is 12.4 Å². The average molecular weight is 304 g/mol. The number of nitrogens with two attached hydrogens (primary N) is 1. The molecule has 0 radical (unpaired) electrons. The van der Waals surface area contributed by atoms with Gasteiger partial charge in [0.2, 0.25) is 16.0 Å². The molecule has 7 heteroatoms.